The molecule has 0 radical (unpaired) electrons. The van der Waals surface area contributed by atoms with E-state index in [-0.39, 0.29) is 5.82 Å². The quantitative estimate of drug-likeness (QED) is 0.786. The number of hydrogen-bond acceptors (Lipinski definition) is 3. The highest BCUT2D eigenvalue weighted by Gasteiger charge is 2.10. The van der Waals surface area contributed by atoms with Crippen molar-refractivity contribution in [2.45, 2.75) is 13.3 Å². The van der Waals surface area contributed by atoms with E-state index in [0.29, 0.717) is 5.56 Å². The summed E-state index contributed by atoms with van der Waals surface area (Å²) in [5.74, 6) is -0.370. The largest absolute Gasteiger partial charge is 0.384 e. The van der Waals surface area contributed by atoms with Gasteiger partial charge in [0.2, 0.25) is 5.95 Å². The first-order chi connectivity index (χ1) is 7.72. The van der Waals surface area contributed by atoms with Crippen molar-refractivity contribution >= 4 is 5.82 Å². The molecule has 0 aromatic carbocycles. The molecule has 82 valence electrons. The van der Waals surface area contributed by atoms with Crippen LogP contribution in [0.15, 0.2) is 30.6 Å². The number of anilines is 1. The van der Waals surface area contributed by atoms with Gasteiger partial charge in [-0.15, -0.1) is 0 Å². The smallest absolute Gasteiger partial charge is 0.222 e. The lowest BCUT2D eigenvalue weighted by atomic mass is 10.0. The molecule has 0 spiro atoms. The highest BCUT2D eigenvalue weighted by molar-refractivity contribution is 5.66. The minimum atomic E-state index is -0.553. The van der Waals surface area contributed by atoms with Crippen molar-refractivity contribution < 1.29 is 4.39 Å². The van der Waals surface area contributed by atoms with Gasteiger partial charge in [0.25, 0.3) is 0 Å². The molecule has 0 atom stereocenters. The fourth-order valence-electron chi connectivity index (χ4n) is 1.62. The Morgan fingerprint density at radius 1 is 1.25 bits per heavy atom. The van der Waals surface area contributed by atoms with Crippen LogP contribution in [0.1, 0.15) is 12.5 Å². The Morgan fingerprint density at radius 3 is 2.75 bits per heavy atom. The molecule has 2 N–H and O–H groups in total. The third-order valence-corrected chi connectivity index (χ3v) is 2.45. The molecule has 4 heteroatoms. The number of nitrogen functional groups attached to an aromatic ring is 1. The predicted octanol–water partition coefficient (Wildman–Crippen LogP) is 2.43. The van der Waals surface area contributed by atoms with Crippen molar-refractivity contribution in [3.8, 4) is 11.1 Å². The monoisotopic (exact) mass is 217 g/mol. The number of aromatic nitrogens is 2. The van der Waals surface area contributed by atoms with E-state index in [9.17, 15) is 4.39 Å². The van der Waals surface area contributed by atoms with Crippen LogP contribution in [0.25, 0.3) is 11.1 Å². The maximum Gasteiger partial charge on any atom is 0.222 e. The van der Waals surface area contributed by atoms with Crippen molar-refractivity contribution in [1.82, 2.24) is 9.97 Å². The second kappa shape index (κ2) is 4.26. The molecule has 2 aromatic rings. The van der Waals surface area contributed by atoms with Gasteiger partial charge in [0.05, 0.1) is 0 Å². The summed E-state index contributed by atoms with van der Waals surface area (Å²) < 4.78 is 13.6. The highest BCUT2D eigenvalue weighted by atomic mass is 19.1. The van der Waals surface area contributed by atoms with Crippen molar-refractivity contribution in [1.29, 1.82) is 0 Å². The predicted molar refractivity (Wildman–Crippen MR) is 61.2 cm³/mol. The van der Waals surface area contributed by atoms with Crippen molar-refractivity contribution in [3.63, 3.8) is 0 Å². The Labute approximate surface area is 93.2 Å². The lowest BCUT2D eigenvalue weighted by molar-refractivity contribution is 0.589. The molecule has 3 nitrogen and oxygen atoms in total. The van der Waals surface area contributed by atoms with Gasteiger partial charge in [-0.3, -0.25) is 4.98 Å². The number of halogens is 1. The minimum Gasteiger partial charge on any atom is -0.384 e. The fraction of sp³-hybridized carbons (Fsp3) is 0.167. The Kier molecular flexibility index (Phi) is 2.81. The van der Waals surface area contributed by atoms with E-state index in [0.717, 1.165) is 17.5 Å². The summed E-state index contributed by atoms with van der Waals surface area (Å²) in [7, 11) is 0. The van der Waals surface area contributed by atoms with Gasteiger partial charge < -0.3 is 5.73 Å². The third-order valence-electron chi connectivity index (χ3n) is 2.45. The van der Waals surface area contributed by atoms with Gasteiger partial charge in [-0.1, -0.05) is 6.92 Å². The Balaban J connectivity index is 2.58. The van der Waals surface area contributed by atoms with Crippen molar-refractivity contribution in [3.05, 3.63) is 42.1 Å². The van der Waals surface area contributed by atoms with E-state index >= 15 is 0 Å². The van der Waals surface area contributed by atoms with E-state index in [1.807, 2.05) is 13.0 Å². The summed E-state index contributed by atoms with van der Waals surface area (Å²) in [6.45, 7) is 2.02. The van der Waals surface area contributed by atoms with Crippen LogP contribution in [0, 0.1) is 5.95 Å². The van der Waals surface area contributed by atoms with Crippen LogP contribution >= 0.6 is 0 Å². The molecular formula is C12H12FN3. The van der Waals surface area contributed by atoms with Crippen LogP contribution in [0.4, 0.5) is 10.2 Å². The molecule has 0 amide bonds. The lowest BCUT2D eigenvalue weighted by Gasteiger charge is -2.07. The molecule has 2 aromatic heterocycles. The Morgan fingerprint density at radius 2 is 2.06 bits per heavy atom. The lowest BCUT2D eigenvalue weighted by Crippen LogP contribution is -1.97. The number of nitrogens with two attached hydrogens (primary N) is 1. The second-order valence-electron chi connectivity index (χ2n) is 3.46. The molecule has 2 heterocycles. The highest BCUT2D eigenvalue weighted by Crippen LogP contribution is 2.25. The summed E-state index contributed by atoms with van der Waals surface area (Å²) >= 11 is 0. The van der Waals surface area contributed by atoms with Gasteiger partial charge in [0.1, 0.15) is 5.82 Å². The molecule has 0 aliphatic heterocycles. The third kappa shape index (κ3) is 1.86. The molecule has 0 saturated heterocycles. The Bertz CT molecular complexity index is 511. The molecule has 0 bridgehead atoms. The second-order valence-corrected chi connectivity index (χ2v) is 3.46. The normalized spacial score (nSPS) is 10.4. The van der Waals surface area contributed by atoms with E-state index in [4.69, 9.17) is 5.73 Å². The molecule has 0 saturated carbocycles. The van der Waals surface area contributed by atoms with Crippen LogP contribution < -0.4 is 5.73 Å². The number of hydrogen-bond donors (Lipinski definition) is 1. The maximum absolute atomic E-state index is 13.6. The van der Waals surface area contributed by atoms with Crippen molar-refractivity contribution in [2.75, 3.05) is 5.73 Å². The van der Waals surface area contributed by atoms with Gasteiger partial charge in [0, 0.05) is 23.5 Å². The fourth-order valence-corrected chi connectivity index (χ4v) is 1.62. The van der Waals surface area contributed by atoms with Gasteiger partial charge in [0.15, 0.2) is 0 Å². The van der Waals surface area contributed by atoms with E-state index in [1.165, 1.54) is 0 Å². The van der Waals surface area contributed by atoms with Crippen LogP contribution in [-0.2, 0) is 6.42 Å². The maximum atomic E-state index is 13.6. The summed E-state index contributed by atoms with van der Waals surface area (Å²) in [6.07, 6.45) is 4.17. The van der Waals surface area contributed by atoms with Gasteiger partial charge in [-0.25, -0.2) is 4.98 Å². The summed E-state index contributed by atoms with van der Waals surface area (Å²) in [5, 5.41) is 0. The minimum absolute atomic E-state index is 0.184. The van der Waals surface area contributed by atoms with E-state index in [1.54, 1.807) is 24.5 Å². The average molecular weight is 217 g/mol. The molecule has 2 rings (SSSR count). The van der Waals surface area contributed by atoms with Gasteiger partial charge in [-0.2, -0.15) is 4.39 Å². The zero-order chi connectivity index (χ0) is 11.5. The first-order valence-corrected chi connectivity index (χ1v) is 5.07. The van der Waals surface area contributed by atoms with Crippen LogP contribution in [0.3, 0.4) is 0 Å². The van der Waals surface area contributed by atoms with Crippen molar-refractivity contribution in [2.24, 2.45) is 0 Å². The molecule has 0 unspecified atom stereocenters. The number of nitrogens with zero attached hydrogens (tertiary/aromatic N) is 2. The molecular weight excluding hydrogens is 205 g/mol. The van der Waals surface area contributed by atoms with Crippen LogP contribution in [0.2, 0.25) is 0 Å². The number of rotatable bonds is 2. The summed E-state index contributed by atoms with van der Waals surface area (Å²) in [5.41, 5.74) is 7.67. The summed E-state index contributed by atoms with van der Waals surface area (Å²) in [4.78, 5) is 7.62. The molecule has 0 aliphatic carbocycles. The average Bonchev–Trinajstić information content (AvgIpc) is 2.29. The molecule has 16 heavy (non-hydrogen) atoms. The first-order valence-electron chi connectivity index (χ1n) is 5.07. The Hall–Kier alpha value is -1.97. The topological polar surface area (TPSA) is 51.8 Å². The molecule has 0 aliphatic rings. The zero-order valence-electron chi connectivity index (χ0n) is 8.94. The van der Waals surface area contributed by atoms with E-state index < -0.39 is 5.95 Å². The zero-order valence-corrected chi connectivity index (χ0v) is 8.94. The van der Waals surface area contributed by atoms with Crippen LogP contribution in [-0.4, -0.2) is 9.97 Å². The molecule has 0 fully saturated rings. The standard InChI is InChI=1S/C12H12FN3/c1-2-8-5-6-15-7-10(8)9-3-4-11(14)16-12(9)13/h3-7H,2H2,1H3,(H2,14,16). The van der Waals surface area contributed by atoms with Gasteiger partial charge in [-0.05, 0) is 30.2 Å². The van der Waals surface area contributed by atoms with Crippen LogP contribution in [0.5, 0.6) is 0 Å². The van der Waals surface area contributed by atoms with E-state index in [2.05, 4.69) is 9.97 Å². The summed E-state index contributed by atoms with van der Waals surface area (Å²) in [6, 6.07) is 5.10. The SMILES string of the molecule is CCc1ccncc1-c1ccc(N)nc1F. The first kappa shape index (κ1) is 10.5. The number of pyridine rings is 2. The number of aryl methyl sites for hydroxylation is 1. The van der Waals surface area contributed by atoms with Gasteiger partial charge >= 0.3 is 0 Å².